The molecule has 0 amide bonds. The minimum atomic E-state index is -0.992. The topological polar surface area (TPSA) is 64.3 Å². The molecule has 0 aromatic carbocycles. The van der Waals surface area contributed by atoms with Gasteiger partial charge in [0, 0.05) is 25.2 Å². The summed E-state index contributed by atoms with van der Waals surface area (Å²) in [6, 6.07) is 3.32. The van der Waals surface area contributed by atoms with E-state index in [1.54, 1.807) is 30.0 Å². The second kappa shape index (κ2) is 4.73. The van der Waals surface area contributed by atoms with Crippen LogP contribution in [0.15, 0.2) is 18.3 Å². The number of halogens is 1. The first-order valence-corrected chi connectivity index (χ1v) is 5.39. The van der Waals surface area contributed by atoms with E-state index < -0.39 is 5.97 Å². The van der Waals surface area contributed by atoms with Crippen molar-refractivity contribution in [2.75, 3.05) is 13.7 Å². The monoisotopic (exact) mass is 254 g/mol. The number of pyridine rings is 1. The predicted molar refractivity (Wildman–Crippen MR) is 63.6 cm³/mol. The summed E-state index contributed by atoms with van der Waals surface area (Å²) in [4.78, 5) is 15.1. The van der Waals surface area contributed by atoms with Gasteiger partial charge >= 0.3 is 5.97 Å². The number of ether oxygens (including phenoxy) is 1. The molecule has 0 fully saturated rings. The Morgan fingerprint density at radius 2 is 2.41 bits per heavy atom. The van der Waals surface area contributed by atoms with Crippen molar-refractivity contribution in [3.05, 3.63) is 29.2 Å². The number of hydrogen-bond acceptors (Lipinski definition) is 3. The Hall–Kier alpha value is -1.59. The van der Waals surface area contributed by atoms with E-state index in [1.807, 2.05) is 0 Å². The Labute approximate surface area is 103 Å². The summed E-state index contributed by atoms with van der Waals surface area (Å²) in [5, 5.41) is 10.2. The van der Waals surface area contributed by atoms with Crippen LogP contribution in [0.25, 0.3) is 10.9 Å². The van der Waals surface area contributed by atoms with E-state index in [0.29, 0.717) is 23.8 Å². The number of carbonyl (C=O) groups is 1. The van der Waals surface area contributed by atoms with Crippen LogP contribution in [-0.2, 0) is 11.3 Å². The van der Waals surface area contributed by atoms with Gasteiger partial charge in [-0.15, -0.1) is 0 Å². The van der Waals surface area contributed by atoms with Crippen molar-refractivity contribution >= 4 is 28.5 Å². The molecule has 0 atom stereocenters. The zero-order valence-corrected chi connectivity index (χ0v) is 9.94. The molecule has 0 aliphatic heterocycles. The van der Waals surface area contributed by atoms with Gasteiger partial charge in [-0.05, 0) is 12.1 Å². The number of rotatable bonds is 4. The Kier molecular flexibility index (Phi) is 3.31. The minimum Gasteiger partial charge on any atom is -0.477 e. The molecule has 1 N–H and O–H groups in total. The number of aromatic nitrogens is 2. The highest BCUT2D eigenvalue weighted by molar-refractivity contribution is 6.34. The van der Waals surface area contributed by atoms with E-state index in [-0.39, 0.29) is 5.69 Å². The third-order valence-electron chi connectivity index (χ3n) is 2.50. The molecule has 0 spiro atoms. The average molecular weight is 255 g/mol. The van der Waals surface area contributed by atoms with Gasteiger partial charge in [0.1, 0.15) is 5.69 Å². The number of aromatic carboxylic acids is 1. The van der Waals surface area contributed by atoms with Crippen LogP contribution in [0.5, 0.6) is 0 Å². The largest absolute Gasteiger partial charge is 0.477 e. The molecule has 0 bridgehead atoms. The molecule has 0 saturated heterocycles. The average Bonchev–Trinajstić information content (AvgIpc) is 2.66. The van der Waals surface area contributed by atoms with Crippen LogP contribution in [0.4, 0.5) is 0 Å². The molecule has 2 aromatic rings. The predicted octanol–water partition coefficient (Wildman–Crippen LogP) is 2.03. The second-order valence-corrected chi connectivity index (χ2v) is 3.88. The third-order valence-corrected chi connectivity index (χ3v) is 2.78. The maximum absolute atomic E-state index is 11.1. The van der Waals surface area contributed by atoms with Crippen LogP contribution in [0.1, 0.15) is 10.5 Å². The number of carboxylic acid groups (broad SMARTS) is 1. The van der Waals surface area contributed by atoms with Crippen LogP contribution in [0.2, 0.25) is 5.15 Å². The van der Waals surface area contributed by atoms with E-state index in [1.165, 1.54) is 0 Å². The standard InChI is InChI=1S/C11H11ClN2O3/c1-17-5-4-14-8(11(15)16)6-7-2-3-13-10(12)9(7)14/h2-3,6H,4-5H2,1H3,(H,15,16). The fourth-order valence-corrected chi connectivity index (χ4v) is 2.03. The SMILES string of the molecule is COCCn1c(C(=O)O)cc2ccnc(Cl)c21. The number of nitrogens with zero attached hydrogens (tertiary/aromatic N) is 2. The van der Waals surface area contributed by atoms with Gasteiger partial charge in [0.2, 0.25) is 0 Å². The molecular weight excluding hydrogens is 244 g/mol. The van der Waals surface area contributed by atoms with Crippen molar-refractivity contribution in [3.8, 4) is 0 Å². The van der Waals surface area contributed by atoms with Gasteiger partial charge in [0.15, 0.2) is 5.15 Å². The highest BCUT2D eigenvalue weighted by Gasteiger charge is 2.16. The summed E-state index contributed by atoms with van der Waals surface area (Å²) in [7, 11) is 1.56. The van der Waals surface area contributed by atoms with Gasteiger partial charge in [0.25, 0.3) is 0 Å². The molecule has 0 unspecified atom stereocenters. The summed E-state index contributed by atoms with van der Waals surface area (Å²) >= 11 is 5.99. The fourth-order valence-electron chi connectivity index (χ4n) is 1.76. The van der Waals surface area contributed by atoms with Crippen LogP contribution >= 0.6 is 11.6 Å². The van der Waals surface area contributed by atoms with E-state index >= 15 is 0 Å². The lowest BCUT2D eigenvalue weighted by Gasteiger charge is -2.07. The van der Waals surface area contributed by atoms with Crippen molar-refractivity contribution in [1.29, 1.82) is 0 Å². The van der Waals surface area contributed by atoms with E-state index in [9.17, 15) is 4.79 Å². The van der Waals surface area contributed by atoms with Crippen LogP contribution < -0.4 is 0 Å². The summed E-state index contributed by atoms with van der Waals surface area (Å²) in [6.07, 6.45) is 1.55. The van der Waals surface area contributed by atoms with Crippen molar-refractivity contribution in [2.45, 2.75) is 6.54 Å². The van der Waals surface area contributed by atoms with Gasteiger partial charge in [-0.1, -0.05) is 11.6 Å². The molecule has 2 aromatic heterocycles. The second-order valence-electron chi connectivity index (χ2n) is 3.52. The van der Waals surface area contributed by atoms with Crippen LogP contribution in [0.3, 0.4) is 0 Å². The van der Waals surface area contributed by atoms with Crippen molar-refractivity contribution in [1.82, 2.24) is 9.55 Å². The Balaban J connectivity index is 2.64. The fraction of sp³-hybridized carbons (Fsp3) is 0.273. The van der Waals surface area contributed by atoms with Gasteiger partial charge in [-0.2, -0.15) is 0 Å². The molecule has 2 heterocycles. The molecule has 17 heavy (non-hydrogen) atoms. The van der Waals surface area contributed by atoms with Crippen molar-refractivity contribution in [2.24, 2.45) is 0 Å². The number of fused-ring (bicyclic) bond motifs is 1. The summed E-state index contributed by atoms with van der Waals surface area (Å²) in [5.74, 6) is -0.992. The molecule has 0 saturated carbocycles. The zero-order chi connectivity index (χ0) is 12.4. The highest BCUT2D eigenvalue weighted by Crippen LogP contribution is 2.25. The highest BCUT2D eigenvalue weighted by atomic mass is 35.5. The van der Waals surface area contributed by atoms with E-state index in [2.05, 4.69) is 4.98 Å². The molecular formula is C11H11ClN2O3. The maximum Gasteiger partial charge on any atom is 0.352 e. The number of methoxy groups -OCH3 is 1. The zero-order valence-electron chi connectivity index (χ0n) is 9.18. The lowest BCUT2D eigenvalue weighted by molar-refractivity contribution is 0.0683. The molecule has 90 valence electrons. The van der Waals surface area contributed by atoms with Gasteiger partial charge in [-0.25, -0.2) is 9.78 Å². The maximum atomic E-state index is 11.1. The van der Waals surface area contributed by atoms with Crippen LogP contribution in [-0.4, -0.2) is 34.3 Å². The molecule has 0 aliphatic carbocycles. The molecule has 5 nitrogen and oxygen atoms in total. The first-order chi connectivity index (χ1) is 8.15. The Morgan fingerprint density at radius 3 is 3.06 bits per heavy atom. The van der Waals surface area contributed by atoms with Crippen molar-refractivity contribution in [3.63, 3.8) is 0 Å². The summed E-state index contributed by atoms with van der Waals surface area (Å²) in [6.45, 7) is 0.836. The smallest absolute Gasteiger partial charge is 0.352 e. The van der Waals surface area contributed by atoms with Gasteiger partial charge in [0.05, 0.1) is 12.1 Å². The number of carboxylic acids is 1. The van der Waals surface area contributed by atoms with Crippen LogP contribution in [0, 0.1) is 0 Å². The molecule has 0 radical (unpaired) electrons. The Bertz CT molecular complexity index is 565. The summed E-state index contributed by atoms with van der Waals surface area (Å²) in [5.41, 5.74) is 0.815. The first-order valence-electron chi connectivity index (χ1n) is 5.01. The third kappa shape index (κ3) is 2.11. The van der Waals surface area contributed by atoms with Gasteiger partial charge < -0.3 is 14.4 Å². The molecule has 2 rings (SSSR count). The molecule has 6 heteroatoms. The number of hydrogen-bond donors (Lipinski definition) is 1. The lowest BCUT2D eigenvalue weighted by atomic mass is 10.3. The normalized spacial score (nSPS) is 10.9. The Morgan fingerprint density at radius 1 is 1.65 bits per heavy atom. The first kappa shape index (κ1) is 11.9. The van der Waals surface area contributed by atoms with E-state index in [0.717, 1.165) is 5.39 Å². The van der Waals surface area contributed by atoms with Crippen molar-refractivity contribution < 1.29 is 14.6 Å². The lowest BCUT2D eigenvalue weighted by Crippen LogP contribution is -2.11. The molecule has 0 aliphatic rings. The quantitative estimate of drug-likeness (QED) is 0.848. The van der Waals surface area contributed by atoms with Gasteiger partial charge in [-0.3, -0.25) is 0 Å². The minimum absolute atomic E-state index is 0.187. The van der Waals surface area contributed by atoms with E-state index in [4.69, 9.17) is 21.4 Å². The summed E-state index contributed by atoms with van der Waals surface area (Å²) < 4.78 is 6.57.